The van der Waals surface area contributed by atoms with Crippen molar-refractivity contribution in [3.63, 3.8) is 0 Å². The number of hydrogen-bond acceptors (Lipinski definition) is 4. The van der Waals surface area contributed by atoms with Crippen molar-refractivity contribution in [1.29, 1.82) is 0 Å². The van der Waals surface area contributed by atoms with Crippen LogP contribution in [0.5, 0.6) is 0 Å². The lowest BCUT2D eigenvalue weighted by molar-refractivity contribution is 0.529. The van der Waals surface area contributed by atoms with E-state index in [1.807, 2.05) is 23.6 Å². The van der Waals surface area contributed by atoms with E-state index in [-0.39, 0.29) is 5.56 Å². The molecule has 144 valence electrons. The predicted molar refractivity (Wildman–Crippen MR) is 116 cm³/mol. The molecule has 5 heteroatoms. The average Bonchev–Trinajstić information content (AvgIpc) is 2.77. The van der Waals surface area contributed by atoms with Gasteiger partial charge in [-0.15, -0.1) is 0 Å². The van der Waals surface area contributed by atoms with Crippen LogP contribution in [0.2, 0.25) is 0 Å². The van der Waals surface area contributed by atoms with Gasteiger partial charge in [-0.25, -0.2) is 4.98 Å². The molecule has 5 rings (SSSR count). The molecule has 0 spiro atoms. The van der Waals surface area contributed by atoms with Gasteiger partial charge < -0.3 is 4.90 Å². The first-order chi connectivity index (χ1) is 14.2. The van der Waals surface area contributed by atoms with E-state index in [1.54, 1.807) is 12.4 Å². The van der Waals surface area contributed by atoms with Gasteiger partial charge in [-0.1, -0.05) is 42.5 Å². The summed E-state index contributed by atoms with van der Waals surface area (Å²) in [7, 11) is 0. The molecule has 0 radical (unpaired) electrons. The van der Waals surface area contributed by atoms with Crippen molar-refractivity contribution in [2.75, 3.05) is 11.4 Å². The van der Waals surface area contributed by atoms with E-state index in [9.17, 15) is 4.79 Å². The standard InChI is InChI=1S/C24H22N4O/c1-17-22(19-10-12-25-13-11-19)26-24-27(14-5-15-28(24)23(17)29)16-20-8-4-7-18-6-2-3-9-21(18)20/h2-4,6-13H,5,14-16H2,1H3. The Kier molecular flexibility index (Phi) is 4.35. The molecule has 0 unspecified atom stereocenters. The predicted octanol–water partition coefficient (Wildman–Crippen LogP) is 4.18. The highest BCUT2D eigenvalue weighted by Gasteiger charge is 2.23. The maximum Gasteiger partial charge on any atom is 0.258 e. The van der Waals surface area contributed by atoms with E-state index >= 15 is 0 Å². The Bertz CT molecular complexity index is 1240. The number of aromatic nitrogens is 3. The summed E-state index contributed by atoms with van der Waals surface area (Å²) in [5.74, 6) is 0.756. The Morgan fingerprint density at radius 3 is 2.62 bits per heavy atom. The molecule has 29 heavy (non-hydrogen) atoms. The number of fused-ring (bicyclic) bond motifs is 2. The molecule has 2 aromatic carbocycles. The summed E-state index contributed by atoms with van der Waals surface area (Å²) in [6.07, 6.45) is 4.41. The Labute approximate surface area is 169 Å². The van der Waals surface area contributed by atoms with Gasteiger partial charge in [-0.05, 0) is 41.8 Å². The van der Waals surface area contributed by atoms with E-state index in [0.29, 0.717) is 12.1 Å². The van der Waals surface area contributed by atoms with E-state index in [0.717, 1.165) is 36.7 Å². The topological polar surface area (TPSA) is 51.0 Å². The van der Waals surface area contributed by atoms with E-state index in [4.69, 9.17) is 4.98 Å². The van der Waals surface area contributed by atoms with Crippen molar-refractivity contribution in [3.8, 4) is 11.3 Å². The van der Waals surface area contributed by atoms with Crippen LogP contribution in [-0.2, 0) is 13.1 Å². The number of benzene rings is 2. The Balaban J connectivity index is 1.62. The van der Waals surface area contributed by atoms with Crippen LogP contribution < -0.4 is 10.5 Å². The maximum absolute atomic E-state index is 13.1. The zero-order chi connectivity index (χ0) is 19.8. The fraction of sp³-hybridized carbons (Fsp3) is 0.208. The van der Waals surface area contributed by atoms with Crippen molar-refractivity contribution >= 4 is 16.7 Å². The van der Waals surface area contributed by atoms with Crippen LogP contribution >= 0.6 is 0 Å². The fourth-order valence-electron chi connectivity index (χ4n) is 4.18. The number of hydrogen-bond donors (Lipinski definition) is 0. The zero-order valence-electron chi connectivity index (χ0n) is 16.4. The second kappa shape index (κ2) is 7.17. The van der Waals surface area contributed by atoms with Gasteiger partial charge in [-0.3, -0.25) is 14.3 Å². The summed E-state index contributed by atoms with van der Waals surface area (Å²) >= 11 is 0. The molecule has 1 aliphatic heterocycles. The second-order valence-electron chi connectivity index (χ2n) is 7.49. The molecule has 4 aromatic rings. The van der Waals surface area contributed by atoms with Gasteiger partial charge in [-0.2, -0.15) is 0 Å². The molecular formula is C24H22N4O. The van der Waals surface area contributed by atoms with Crippen molar-refractivity contribution in [3.05, 3.63) is 88.5 Å². The third-order valence-corrected chi connectivity index (χ3v) is 5.66. The summed E-state index contributed by atoms with van der Waals surface area (Å²) in [4.78, 5) is 24.4. The summed E-state index contributed by atoms with van der Waals surface area (Å²) in [5, 5.41) is 2.48. The largest absolute Gasteiger partial charge is 0.338 e. The first kappa shape index (κ1) is 17.6. The first-order valence-corrected chi connectivity index (χ1v) is 9.96. The lowest BCUT2D eigenvalue weighted by Crippen LogP contribution is -2.39. The summed E-state index contributed by atoms with van der Waals surface area (Å²) in [6, 6.07) is 18.6. The molecule has 0 N–H and O–H groups in total. The van der Waals surface area contributed by atoms with Crippen LogP contribution in [0.3, 0.4) is 0 Å². The van der Waals surface area contributed by atoms with Gasteiger partial charge >= 0.3 is 0 Å². The summed E-state index contributed by atoms with van der Waals surface area (Å²) in [5.41, 5.74) is 3.65. The number of nitrogens with zero attached hydrogens (tertiary/aromatic N) is 4. The van der Waals surface area contributed by atoms with Crippen molar-refractivity contribution in [2.45, 2.75) is 26.4 Å². The van der Waals surface area contributed by atoms with Gasteiger partial charge in [0.2, 0.25) is 5.95 Å². The van der Waals surface area contributed by atoms with Crippen LogP contribution in [-0.4, -0.2) is 21.1 Å². The number of anilines is 1. The van der Waals surface area contributed by atoms with Crippen LogP contribution in [0.25, 0.3) is 22.0 Å². The highest BCUT2D eigenvalue weighted by atomic mass is 16.1. The average molecular weight is 382 g/mol. The molecule has 0 amide bonds. The molecule has 1 aliphatic rings. The van der Waals surface area contributed by atoms with Crippen LogP contribution in [0.1, 0.15) is 17.5 Å². The molecule has 3 heterocycles. The summed E-state index contributed by atoms with van der Waals surface area (Å²) in [6.45, 7) is 4.19. The lowest BCUT2D eigenvalue weighted by atomic mass is 10.0. The van der Waals surface area contributed by atoms with Gasteiger partial charge in [0.1, 0.15) is 0 Å². The van der Waals surface area contributed by atoms with E-state index in [1.165, 1.54) is 16.3 Å². The van der Waals surface area contributed by atoms with Gasteiger partial charge in [0.25, 0.3) is 5.56 Å². The number of pyridine rings is 1. The molecule has 0 fully saturated rings. The highest BCUT2D eigenvalue weighted by molar-refractivity contribution is 5.85. The molecule has 0 saturated carbocycles. The minimum absolute atomic E-state index is 0.0458. The van der Waals surface area contributed by atoms with E-state index in [2.05, 4.69) is 52.3 Å². The minimum atomic E-state index is 0.0458. The highest BCUT2D eigenvalue weighted by Crippen LogP contribution is 2.27. The quantitative estimate of drug-likeness (QED) is 0.533. The smallest absolute Gasteiger partial charge is 0.258 e. The van der Waals surface area contributed by atoms with Crippen LogP contribution in [0, 0.1) is 6.92 Å². The summed E-state index contributed by atoms with van der Waals surface area (Å²) < 4.78 is 1.83. The Morgan fingerprint density at radius 1 is 0.966 bits per heavy atom. The SMILES string of the molecule is Cc1c(-c2ccncc2)nc2n(c1=O)CCCN2Cc1cccc2ccccc12. The third kappa shape index (κ3) is 3.09. The molecule has 0 aliphatic carbocycles. The first-order valence-electron chi connectivity index (χ1n) is 9.96. The normalized spacial score (nSPS) is 13.5. The zero-order valence-corrected chi connectivity index (χ0v) is 16.4. The van der Waals surface area contributed by atoms with Gasteiger partial charge in [0.05, 0.1) is 5.69 Å². The van der Waals surface area contributed by atoms with Crippen molar-refractivity contribution in [1.82, 2.24) is 14.5 Å². The Hall–Kier alpha value is -3.47. The monoisotopic (exact) mass is 382 g/mol. The molecule has 0 saturated heterocycles. The fourth-order valence-corrected chi connectivity index (χ4v) is 4.18. The van der Waals surface area contributed by atoms with Gasteiger partial charge in [0.15, 0.2) is 0 Å². The molecule has 0 bridgehead atoms. The third-order valence-electron chi connectivity index (χ3n) is 5.66. The van der Waals surface area contributed by atoms with Crippen LogP contribution in [0.4, 0.5) is 5.95 Å². The second-order valence-corrected chi connectivity index (χ2v) is 7.49. The lowest BCUT2D eigenvalue weighted by Gasteiger charge is -2.32. The molecule has 5 nitrogen and oxygen atoms in total. The van der Waals surface area contributed by atoms with Gasteiger partial charge in [0, 0.05) is 43.2 Å². The van der Waals surface area contributed by atoms with Crippen LogP contribution in [0.15, 0.2) is 71.8 Å². The maximum atomic E-state index is 13.1. The molecular weight excluding hydrogens is 360 g/mol. The Morgan fingerprint density at radius 2 is 1.76 bits per heavy atom. The number of rotatable bonds is 3. The van der Waals surface area contributed by atoms with Crippen molar-refractivity contribution in [2.24, 2.45) is 0 Å². The van der Waals surface area contributed by atoms with Crippen molar-refractivity contribution < 1.29 is 0 Å². The van der Waals surface area contributed by atoms with E-state index < -0.39 is 0 Å². The minimum Gasteiger partial charge on any atom is -0.338 e. The molecule has 2 aromatic heterocycles. The molecule has 0 atom stereocenters.